The molecular weight excluding hydrogens is 326 g/mol. The molecule has 3 rings (SSSR count). The summed E-state index contributed by atoms with van der Waals surface area (Å²) in [4.78, 5) is 11.1. The zero-order chi connectivity index (χ0) is 18.2. The molecule has 1 saturated carbocycles. The average Bonchev–Trinajstić information content (AvgIpc) is 3.33. The van der Waals surface area contributed by atoms with Gasteiger partial charge in [-0.25, -0.2) is 9.98 Å². The van der Waals surface area contributed by atoms with Crippen LogP contribution in [0.2, 0.25) is 0 Å². The standard InChI is InChI=1S/C20H29N5O/c1-3-22-20(24(2)12-13-26-15-17-8-9-17)23-14-18-6-4-5-7-19(18)25-11-10-21-16-25/h4-7,10-11,16-17H,3,8-9,12-15H2,1-2H3,(H,22,23). The van der Waals surface area contributed by atoms with Gasteiger partial charge < -0.3 is 19.5 Å². The van der Waals surface area contributed by atoms with Gasteiger partial charge in [0.2, 0.25) is 0 Å². The number of nitrogens with zero attached hydrogens (tertiary/aromatic N) is 4. The van der Waals surface area contributed by atoms with Gasteiger partial charge in [0.1, 0.15) is 0 Å². The average molecular weight is 355 g/mol. The molecule has 1 aromatic heterocycles. The minimum atomic E-state index is 0.615. The second-order valence-electron chi connectivity index (χ2n) is 6.71. The van der Waals surface area contributed by atoms with E-state index in [-0.39, 0.29) is 0 Å². The van der Waals surface area contributed by atoms with Crippen LogP contribution in [0.1, 0.15) is 25.3 Å². The van der Waals surface area contributed by atoms with Crippen molar-refractivity contribution in [3.05, 3.63) is 48.5 Å². The molecule has 0 unspecified atom stereocenters. The van der Waals surface area contributed by atoms with Gasteiger partial charge in [0.05, 0.1) is 25.2 Å². The maximum Gasteiger partial charge on any atom is 0.194 e. The molecule has 1 heterocycles. The number of ether oxygens (including phenoxy) is 1. The number of para-hydroxylation sites is 1. The van der Waals surface area contributed by atoms with Gasteiger partial charge in [-0.15, -0.1) is 0 Å². The molecule has 0 spiro atoms. The second-order valence-corrected chi connectivity index (χ2v) is 6.71. The number of imidazole rings is 1. The summed E-state index contributed by atoms with van der Waals surface area (Å²) in [5.74, 6) is 1.71. The molecule has 0 aliphatic heterocycles. The van der Waals surface area contributed by atoms with Crippen LogP contribution in [-0.4, -0.2) is 53.8 Å². The second kappa shape index (κ2) is 9.38. The molecule has 6 nitrogen and oxygen atoms in total. The number of benzene rings is 1. The summed E-state index contributed by atoms with van der Waals surface area (Å²) in [5.41, 5.74) is 2.28. The van der Waals surface area contributed by atoms with E-state index in [0.717, 1.165) is 43.9 Å². The van der Waals surface area contributed by atoms with Gasteiger partial charge in [-0.2, -0.15) is 0 Å². The van der Waals surface area contributed by atoms with Crippen LogP contribution in [0.4, 0.5) is 0 Å². The first-order chi connectivity index (χ1) is 12.8. The molecule has 0 amide bonds. The molecule has 26 heavy (non-hydrogen) atoms. The van der Waals surface area contributed by atoms with Crippen LogP contribution < -0.4 is 5.32 Å². The van der Waals surface area contributed by atoms with Crippen molar-refractivity contribution >= 4 is 5.96 Å². The fraction of sp³-hybridized carbons (Fsp3) is 0.500. The maximum atomic E-state index is 5.75. The number of aromatic nitrogens is 2. The summed E-state index contributed by atoms with van der Waals surface area (Å²) in [7, 11) is 2.06. The van der Waals surface area contributed by atoms with Crippen molar-refractivity contribution in [1.29, 1.82) is 0 Å². The van der Waals surface area contributed by atoms with Crippen LogP contribution in [0, 0.1) is 5.92 Å². The van der Waals surface area contributed by atoms with Crippen molar-refractivity contribution in [2.24, 2.45) is 10.9 Å². The summed E-state index contributed by atoms with van der Waals surface area (Å²) in [6.45, 7) is 6.02. The summed E-state index contributed by atoms with van der Waals surface area (Å²) < 4.78 is 7.77. The van der Waals surface area contributed by atoms with Crippen molar-refractivity contribution in [3.8, 4) is 5.69 Å². The van der Waals surface area contributed by atoms with Gasteiger partial charge in [-0.3, -0.25) is 0 Å². The zero-order valence-corrected chi connectivity index (χ0v) is 15.8. The molecule has 0 bridgehead atoms. The smallest absolute Gasteiger partial charge is 0.194 e. The molecule has 1 N–H and O–H groups in total. The van der Waals surface area contributed by atoms with Gasteiger partial charge in [0.25, 0.3) is 0 Å². The third kappa shape index (κ3) is 5.33. The van der Waals surface area contributed by atoms with Gasteiger partial charge in [0.15, 0.2) is 5.96 Å². The molecule has 1 aliphatic rings. The van der Waals surface area contributed by atoms with Crippen LogP contribution in [0.25, 0.3) is 5.69 Å². The summed E-state index contributed by atoms with van der Waals surface area (Å²) in [6, 6.07) is 8.29. The maximum absolute atomic E-state index is 5.75. The Bertz CT molecular complexity index is 694. The quantitative estimate of drug-likeness (QED) is 0.427. The number of hydrogen-bond acceptors (Lipinski definition) is 3. The molecular formula is C20H29N5O. The first kappa shape index (κ1) is 18.5. The Hall–Kier alpha value is -2.34. The Morgan fingerprint density at radius 3 is 2.96 bits per heavy atom. The number of likely N-dealkylation sites (N-methyl/N-ethyl adjacent to an activating group) is 1. The molecule has 0 saturated heterocycles. The van der Waals surface area contributed by atoms with Crippen molar-refractivity contribution in [1.82, 2.24) is 19.8 Å². The largest absolute Gasteiger partial charge is 0.379 e. The topological polar surface area (TPSA) is 54.7 Å². The monoisotopic (exact) mass is 355 g/mol. The van der Waals surface area contributed by atoms with Crippen molar-refractivity contribution in [3.63, 3.8) is 0 Å². The van der Waals surface area contributed by atoms with Gasteiger partial charge >= 0.3 is 0 Å². The molecule has 1 aliphatic carbocycles. The van der Waals surface area contributed by atoms with Gasteiger partial charge in [-0.05, 0) is 37.3 Å². The number of aliphatic imine (C=N–C) groups is 1. The molecule has 1 fully saturated rings. The van der Waals surface area contributed by atoms with E-state index >= 15 is 0 Å². The van der Waals surface area contributed by atoms with E-state index < -0.39 is 0 Å². The number of nitrogens with one attached hydrogen (secondary N) is 1. The third-order valence-corrected chi connectivity index (χ3v) is 4.49. The third-order valence-electron chi connectivity index (χ3n) is 4.49. The van der Waals surface area contributed by atoms with Crippen LogP contribution >= 0.6 is 0 Å². The lowest BCUT2D eigenvalue weighted by molar-refractivity contribution is 0.115. The van der Waals surface area contributed by atoms with Gasteiger partial charge in [0, 0.05) is 39.1 Å². The minimum absolute atomic E-state index is 0.615. The molecule has 1 aromatic carbocycles. The predicted octanol–water partition coefficient (Wildman–Crippen LogP) is 2.70. The first-order valence-electron chi connectivity index (χ1n) is 9.41. The fourth-order valence-corrected chi connectivity index (χ4v) is 2.77. The summed E-state index contributed by atoms with van der Waals surface area (Å²) >= 11 is 0. The van der Waals surface area contributed by atoms with E-state index in [9.17, 15) is 0 Å². The Labute approximate surface area is 155 Å². The lowest BCUT2D eigenvalue weighted by Gasteiger charge is -2.22. The highest BCUT2D eigenvalue weighted by molar-refractivity contribution is 5.79. The Balaban J connectivity index is 1.61. The minimum Gasteiger partial charge on any atom is -0.379 e. The highest BCUT2D eigenvalue weighted by Crippen LogP contribution is 2.28. The number of hydrogen-bond donors (Lipinski definition) is 1. The molecule has 0 atom stereocenters. The van der Waals surface area contributed by atoms with Crippen molar-refractivity contribution in [2.75, 3.05) is 33.4 Å². The van der Waals surface area contributed by atoms with E-state index in [0.29, 0.717) is 6.54 Å². The lowest BCUT2D eigenvalue weighted by atomic mass is 10.2. The number of rotatable bonds is 9. The van der Waals surface area contributed by atoms with E-state index in [4.69, 9.17) is 9.73 Å². The SMILES string of the molecule is CCNC(=NCc1ccccc1-n1ccnc1)N(C)CCOCC1CC1. The van der Waals surface area contributed by atoms with Crippen molar-refractivity contribution in [2.45, 2.75) is 26.3 Å². The Morgan fingerprint density at radius 1 is 1.38 bits per heavy atom. The molecule has 2 aromatic rings. The predicted molar refractivity (Wildman–Crippen MR) is 105 cm³/mol. The highest BCUT2D eigenvalue weighted by atomic mass is 16.5. The first-order valence-corrected chi connectivity index (χ1v) is 9.41. The number of guanidine groups is 1. The van der Waals surface area contributed by atoms with Crippen LogP contribution in [0.3, 0.4) is 0 Å². The Morgan fingerprint density at radius 2 is 2.23 bits per heavy atom. The fourth-order valence-electron chi connectivity index (χ4n) is 2.77. The van der Waals surface area contributed by atoms with Gasteiger partial charge in [-0.1, -0.05) is 18.2 Å². The lowest BCUT2D eigenvalue weighted by Crippen LogP contribution is -2.40. The van der Waals surface area contributed by atoms with Crippen LogP contribution in [0.15, 0.2) is 48.0 Å². The summed E-state index contributed by atoms with van der Waals surface area (Å²) in [5, 5.41) is 3.37. The van der Waals surface area contributed by atoms with E-state index in [2.05, 4.69) is 41.3 Å². The zero-order valence-electron chi connectivity index (χ0n) is 15.8. The van der Waals surface area contributed by atoms with Crippen molar-refractivity contribution < 1.29 is 4.74 Å². The molecule has 6 heteroatoms. The Kier molecular flexibility index (Phi) is 6.66. The van der Waals surface area contributed by atoms with E-state index in [1.54, 1.807) is 6.20 Å². The molecule has 0 radical (unpaired) electrons. The van der Waals surface area contributed by atoms with Crippen LogP contribution in [0.5, 0.6) is 0 Å². The normalized spacial score (nSPS) is 14.5. The van der Waals surface area contributed by atoms with Crippen LogP contribution in [-0.2, 0) is 11.3 Å². The van der Waals surface area contributed by atoms with E-state index in [1.807, 2.05) is 29.2 Å². The highest BCUT2D eigenvalue weighted by Gasteiger charge is 2.21. The molecule has 140 valence electrons. The van der Waals surface area contributed by atoms with E-state index in [1.165, 1.54) is 18.4 Å². The summed E-state index contributed by atoms with van der Waals surface area (Å²) in [6.07, 6.45) is 8.22.